The van der Waals surface area contributed by atoms with E-state index in [1.165, 1.54) is 10.7 Å². The van der Waals surface area contributed by atoms with Gasteiger partial charge < -0.3 is 0 Å². The van der Waals surface area contributed by atoms with E-state index in [4.69, 9.17) is 11.6 Å². The third kappa shape index (κ3) is 3.46. The van der Waals surface area contributed by atoms with E-state index in [9.17, 15) is 4.79 Å². The summed E-state index contributed by atoms with van der Waals surface area (Å²) in [6, 6.07) is 13.2. The van der Waals surface area contributed by atoms with Gasteiger partial charge in [-0.1, -0.05) is 36.6 Å². The molecule has 2 rings (SSSR count). The summed E-state index contributed by atoms with van der Waals surface area (Å²) in [5.41, 5.74) is 1.37. The Balaban J connectivity index is 2.39. The van der Waals surface area contributed by atoms with Gasteiger partial charge in [0.2, 0.25) is 0 Å². The third-order valence-corrected chi connectivity index (χ3v) is 2.75. The van der Waals surface area contributed by atoms with Gasteiger partial charge in [-0.2, -0.15) is 9.78 Å². The first-order valence-electron chi connectivity index (χ1n) is 6.06. The second-order valence-electron chi connectivity index (χ2n) is 4.01. The van der Waals surface area contributed by atoms with E-state index >= 15 is 0 Å². The maximum Gasteiger partial charge on any atom is 0.279 e. The number of hydrogen-bond donors (Lipinski definition) is 0. The van der Waals surface area contributed by atoms with Crippen molar-refractivity contribution in [3.05, 3.63) is 51.8 Å². The van der Waals surface area contributed by atoms with E-state index in [0.29, 0.717) is 10.7 Å². The van der Waals surface area contributed by atoms with Gasteiger partial charge in [-0.25, -0.2) is 0 Å². The first-order valence-corrected chi connectivity index (χ1v) is 6.43. The van der Waals surface area contributed by atoms with E-state index < -0.39 is 0 Å². The van der Waals surface area contributed by atoms with Crippen LogP contribution in [0.1, 0.15) is 19.8 Å². The molecular weight excluding hydrogens is 260 g/mol. The molecule has 4 heteroatoms. The van der Waals surface area contributed by atoms with E-state index in [0.717, 1.165) is 18.4 Å². The van der Waals surface area contributed by atoms with Crippen molar-refractivity contribution in [3.63, 3.8) is 0 Å². The predicted molar refractivity (Wildman–Crippen MR) is 77.0 cm³/mol. The number of hydrogen-bond acceptors (Lipinski definition) is 2. The first-order chi connectivity index (χ1) is 9.20. The molecule has 0 N–H and O–H groups in total. The second-order valence-corrected chi connectivity index (χ2v) is 4.45. The number of unbranched alkanes of at least 4 members (excludes halogenated alkanes) is 1. The van der Waals surface area contributed by atoms with E-state index in [1.807, 2.05) is 19.1 Å². The monoisotopic (exact) mass is 272 g/mol. The van der Waals surface area contributed by atoms with Crippen molar-refractivity contribution >= 4 is 11.6 Å². The van der Waals surface area contributed by atoms with Gasteiger partial charge in [-0.15, -0.1) is 0 Å². The minimum Gasteiger partial charge on any atom is -0.267 e. The zero-order chi connectivity index (χ0) is 13.7. The van der Waals surface area contributed by atoms with Crippen LogP contribution in [-0.2, 0) is 0 Å². The molecule has 1 aromatic heterocycles. The Morgan fingerprint density at radius 2 is 1.95 bits per heavy atom. The summed E-state index contributed by atoms with van der Waals surface area (Å²) >= 11 is 5.84. The minimum atomic E-state index is -0.221. The van der Waals surface area contributed by atoms with Crippen molar-refractivity contribution < 1.29 is 0 Å². The summed E-state index contributed by atoms with van der Waals surface area (Å²) in [6.45, 7) is 2.04. The van der Waals surface area contributed by atoms with E-state index in [2.05, 4.69) is 17.1 Å². The number of benzene rings is 1. The standard InChI is InChI=1S/C15H13ClN2O/c1-2-3-4-11-18-15(19)10-9-14(17-18)12-5-7-13(16)8-6-12/h5-10H,2-3H2,1H3. The SMILES string of the molecule is CCCC#Cn1nc(-c2ccc(Cl)cc2)ccc1=O. The van der Waals surface area contributed by atoms with Crippen LogP contribution in [0.3, 0.4) is 0 Å². The maximum absolute atomic E-state index is 11.6. The van der Waals surface area contributed by atoms with Gasteiger partial charge >= 0.3 is 0 Å². The molecule has 0 aliphatic rings. The molecule has 0 atom stereocenters. The summed E-state index contributed by atoms with van der Waals surface area (Å²) in [6.07, 6.45) is 1.71. The first kappa shape index (κ1) is 13.4. The number of halogens is 1. The summed E-state index contributed by atoms with van der Waals surface area (Å²) in [7, 11) is 0. The lowest BCUT2D eigenvalue weighted by Gasteiger charge is -2.01. The maximum atomic E-state index is 11.6. The number of nitrogens with zero attached hydrogens (tertiary/aromatic N) is 2. The van der Waals surface area contributed by atoms with Gasteiger partial charge in [0.25, 0.3) is 5.56 Å². The van der Waals surface area contributed by atoms with Crippen molar-refractivity contribution in [2.45, 2.75) is 19.8 Å². The molecule has 1 heterocycles. The van der Waals surface area contributed by atoms with Crippen LogP contribution in [0.5, 0.6) is 0 Å². The minimum absolute atomic E-state index is 0.221. The highest BCUT2D eigenvalue weighted by molar-refractivity contribution is 6.30. The van der Waals surface area contributed by atoms with Crippen LogP contribution in [0.15, 0.2) is 41.2 Å². The quantitative estimate of drug-likeness (QED) is 0.787. The van der Waals surface area contributed by atoms with Crippen molar-refractivity contribution in [1.29, 1.82) is 0 Å². The molecule has 96 valence electrons. The number of rotatable bonds is 2. The summed E-state index contributed by atoms with van der Waals surface area (Å²) in [5.74, 6) is 2.91. The Labute approximate surface area is 116 Å². The third-order valence-electron chi connectivity index (χ3n) is 2.50. The average Bonchev–Trinajstić information content (AvgIpc) is 2.42. The fraction of sp³-hybridized carbons (Fsp3) is 0.200. The molecule has 0 bridgehead atoms. The molecule has 2 aromatic rings. The predicted octanol–water partition coefficient (Wildman–Crippen LogP) is 3.17. The largest absolute Gasteiger partial charge is 0.279 e. The van der Waals surface area contributed by atoms with Crippen LogP contribution in [0.2, 0.25) is 5.02 Å². The summed E-state index contributed by atoms with van der Waals surface area (Å²) in [5, 5.41) is 4.90. The van der Waals surface area contributed by atoms with Crippen LogP contribution in [0, 0.1) is 12.0 Å². The Morgan fingerprint density at radius 1 is 1.21 bits per heavy atom. The smallest absolute Gasteiger partial charge is 0.267 e. The average molecular weight is 273 g/mol. The molecule has 0 aliphatic carbocycles. The van der Waals surface area contributed by atoms with Crippen LogP contribution < -0.4 is 5.56 Å². The van der Waals surface area contributed by atoms with Gasteiger partial charge in [-0.05, 0) is 24.6 Å². The topological polar surface area (TPSA) is 34.9 Å². The fourth-order valence-corrected chi connectivity index (χ4v) is 1.65. The molecule has 0 fully saturated rings. The normalized spacial score (nSPS) is 9.79. The second kappa shape index (κ2) is 6.21. The van der Waals surface area contributed by atoms with Gasteiger partial charge in [-0.3, -0.25) is 4.79 Å². The van der Waals surface area contributed by atoms with Crippen LogP contribution in [0.25, 0.3) is 11.3 Å². The van der Waals surface area contributed by atoms with Gasteiger partial charge in [0.15, 0.2) is 0 Å². The molecule has 0 saturated carbocycles. The molecule has 0 aliphatic heterocycles. The van der Waals surface area contributed by atoms with Gasteiger partial charge in [0.05, 0.1) is 5.69 Å². The lowest BCUT2D eigenvalue weighted by atomic mass is 10.1. The van der Waals surface area contributed by atoms with Crippen molar-refractivity contribution in [2.75, 3.05) is 0 Å². The molecule has 0 spiro atoms. The number of aromatic nitrogens is 2. The zero-order valence-corrected chi connectivity index (χ0v) is 11.3. The Hall–Kier alpha value is -2.05. The zero-order valence-electron chi connectivity index (χ0n) is 10.6. The van der Waals surface area contributed by atoms with Crippen LogP contribution >= 0.6 is 11.6 Å². The highest BCUT2D eigenvalue weighted by Gasteiger charge is 2.01. The van der Waals surface area contributed by atoms with Crippen molar-refractivity contribution in [2.24, 2.45) is 0 Å². The van der Waals surface area contributed by atoms with Crippen molar-refractivity contribution in [3.8, 4) is 23.2 Å². The fourth-order valence-electron chi connectivity index (χ4n) is 1.52. The molecule has 0 unspecified atom stereocenters. The van der Waals surface area contributed by atoms with E-state index in [-0.39, 0.29) is 5.56 Å². The molecule has 0 saturated heterocycles. The summed E-state index contributed by atoms with van der Waals surface area (Å²) < 4.78 is 1.18. The highest BCUT2D eigenvalue weighted by Crippen LogP contribution is 2.18. The lowest BCUT2D eigenvalue weighted by Crippen LogP contribution is -2.18. The highest BCUT2D eigenvalue weighted by atomic mass is 35.5. The van der Waals surface area contributed by atoms with Gasteiger partial charge in [0.1, 0.15) is 0 Å². The molecule has 19 heavy (non-hydrogen) atoms. The molecule has 1 aromatic carbocycles. The molecule has 0 amide bonds. The van der Waals surface area contributed by atoms with Crippen molar-refractivity contribution in [1.82, 2.24) is 9.78 Å². The van der Waals surface area contributed by atoms with Crippen LogP contribution in [-0.4, -0.2) is 9.78 Å². The van der Waals surface area contributed by atoms with E-state index in [1.54, 1.807) is 18.2 Å². The molecular formula is C15H13ClN2O. The van der Waals surface area contributed by atoms with Gasteiger partial charge in [0, 0.05) is 29.1 Å². The van der Waals surface area contributed by atoms with Crippen LogP contribution in [0.4, 0.5) is 0 Å². The Morgan fingerprint density at radius 3 is 2.63 bits per heavy atom. The molecule has 0 radical (unpaired) electrons. The molecule has 3 nitrogen and oxygen atoms in total. The Kier molecular flexibility index (Phi) is 4.38. The summed E-state index contributed by atoms with van der Waals surface area (Å²) in [4.78, 5) is 11.6. The Bertz CT molecular complexity index is 678. The lowest BCUT2D eigenvalue weighted by molar-refractivity contribution is 0.838.